The van der Waals surface area contributed by atoms with E-state index in [-0.39, 0.29) is 5.41 Å². The first-order chi connectivity index (χ1) is 13.9. The highest BCUT2D eigenvalue weighted by Gasteiger charge is 2.23. The van der Waals surface area contributed by atoms with Crippen LogP contribution in [0.15, 0.2) is 65.3 Å². The van der Waals surface area contributed by atoms with Crippen molar-refractivity contribution in [2.24, 2.45) is 0 Å². The second-order valence-electron chi connectivity index (χ2n) is 7.47. The fourth-order valence-electron chi connectivity index (χ4n) is 3.09. The molecule has 6 nitrogen and oxygen atoms in total. The van der Waals surface area contributed by atoms with Crippen LogP contribution in [0.3, 0.4) is 0 Å². The fraction of sp³-hybridized carbons (Fsp3) is 0.217. The lowest BCUT2D eigenvalue weighted by atomic mass is 9.78. The molecular weight excluding hydrogens is 364 g/mol. The van der Waals surface area contributed by atoms with E-state index in [0.717, 1.165) is 0 Å². The van der Waals surface area contributed by atoms with E-state index < -0.39 is 0 Å². The van der Waals surface area contributed by atoms with Crippen LogP contribution >= 0.6 is 0 Å². The summed E-state index contributed by atoms with van der Waals surface area (Å²) in [7, 11) is 0. The van der Waals surface area contributed by atoms with Gasteiger partial charge in [-0.25, -0.2) is 4.98 Å². The second-order valence-corrected chi connectivity index (χ2v) is 7.47. The molecule has 0 amide bonds. The van der Waals surface area contributed by atoms with Gasteiger partial charge in [-0.2, -0.15) is 9.97 Å². The van der Waals surface area contributed by atoms with Crippen molar-refractivity contribution >= 4 is 0 Å². The van der Waals surface area contributed by atoms with E-state index in [9.17, 15) is 0 Å². The molecule has 0 radical (unpaired) electrons. The van der Waals surface area contributed by atoms with Gasteiger partial charge in [0.2, 0.25) is 23.4 Å². The van der Waals surface area contributed by atoms with Gasteiger partial charge in [0.25, 0.3) is 0 Å². The van der Waals surface area contributed by atoms with E-state index in [1.807, 2.05) is 12.1 Å². The van der Waals surface area contributed by atoms with Crippen LogP contribution in [0.5, 0.6) is 11.6 Å². The maximum Gasteiger partial charge on any atom is 0.240 e. The Balaban J connectivity index is 1.53. The molecule has 0 spiro atoms. The van der Waals surface area contributed by atoms with Gasteiger partial charge in [0.15, 0.2) is 0 Å². The molecular formula is C23H22N4O2. The average molecular weight is 386 g/mol. The van der Waals surface area contributed by atoms with E-state index >= 15 is 0 Å². The minimum Gasteiger partial charge on any atom is -0.439 e. The maximum atomic E-state index is 5.90. The van der Waals surface area contributed by atoms with Gasteiger partial charge >= 0.3 is 0 Å². The minimum absolute atomic E-state index is 0.106. The molecule has 0 unspecified atom stereocenters. The van der Waals surface area contributed by atoms with E-state index in [1.54, 1.807) is 19.2 Å². The monoisotopic (exact) mass is 386 g/mol. The number of aromatic nitrogens is 4. The number of ether oxygens (including phenoxy) is 1. The van der Waals surface area contributed by atoms with Crippen LogP contribution in [-0.4, -0.2) is 20.1 Å². The zero-order valence-corrected chi connectivity index (χ0v) is 16.9. The fourth-order valence-corrected chi connectivity index (χ4v) is 3.09. The number of benzene rings is 2. The first kappa shape index (κ1) is 18.8. The molecule has 2 heterocycles. The zero-order chi connectivity index (χ0) is 20.4. The van der Waals surface area contributed by atoms with Gasteiger partial charge in [-0.15, -0.1) is 0 Å². The summed E-state index contributed by atoms with van der Waals surface area (Å²) in [5, 5.41) is 3.84. The Morgan fingerprint density at radius 3 is 2.07 bits per heavy atom. The molecule has 0 fully saturated rings. The SMILES string of the molecule is Cc1ccc(C(C)(C)c2ccc(Oc3ccnc(-c4noc(C)n4)n3)cc2)cc1. The lowest BCUT2D eigenvalue weighted by Gasteiger charge is -2.26. The Hall–Kier alpha value is -3.54. The topological polar surface area (TPSA) is 73.9 Å². The van der Waals surface area contributed by atoms with E-state index in [4.69, 9.17) is 9.26 Å². The molecule has 4 aromatic rings. The van der Waals surface area contributed by atoms with Crippen molar-refractivity contribution < 1.29 is 9.26 Å². The molecule has 6 heteroatoms. The molecule has 29 heavy (non-hydrogen) atoms. The highest BCUT2D eigenvalue weighted by molar-refractivity contribution is 5.44. The van der Waals surface area contributed by atoms with Crippen LogP contribution in [0.4, 0.5) is 0 Å². The molecule has 0 saturated carbocycles. The Kier molecular flexibility index (Phi) is 4.84. The molecule has 0 aliphatic heterocycles. The van der Waals surface area contributed by atoms with Gasteiger partial charge in [0, 0.05) is 24.6 Å². The average Bonchev–Trinajstić information content (AvgIpc) is 3.15. The van der Waals surface area contributed by atoms with Crippen LogP contribution in [0, 0.1) is 13.8 Å². The van der Waals surface area contributed by atoms with Crippen molar-refractivity contribution in [3.05, 3.63) is 83.4 Å². The normalized spacial score (nSPS) is 11.4. The molecule has 0 saturated heterocycles. The Morgan fingerprint density at radius 2 is 1.45 bits per heavy atom. The lowest BCUT2D eigenvalue weighted by molar-refractivity contribution is 0.394. The molecule has 2 aromatic carbocycles. The predicted molar refractivity (Wildman–Crippen MR) is 110 cm³/mol. The number of aryl methyl sites for hydroxylation is 2. The molecule has 0 N–H and O–H groups in total. The van der Waals surface area contributed by atoms with Crippen LogP contribution in [-0.2, 0) is 5.41 Å². The summed E-state index contributed by atoms with van der Waals surface area (Å²) < 4.78 is 10.9. The summed E-state index contributed by atoms with van der Waals surface area (Å²) in [4.78, 5) is 12.7. The minimum atomic E-state index is -0.106. The van der Waals surface area contributed by atoms with Crippen molar-refractivity contribution in [3.8, 4) is 23.3 Å². The Morgan fingerprint density at radius 1 is 0.793 bits per heavy atom. The van der Waals surface area contributed by atoms with Crippen LogP contribution in [0.2, 0.25) is 0 Å². The van der Waals surface area contributed by atoms with Crippen LogP contribution in [0.1, 0.15) is 36.4 Å². The van der Waals surface area contributed by atoms with E-state index in [2.05, 4.69) is 77.3 Å². The summed E-state index contributed by atoms with van der Waals surface area (Å²) in [6.07, 6.45) is 1.61. The Labute approximate surface area is 169 Å². The van der Waals surface area contributed by atoms with Gasteiger partial charge in [0.05, 0.1) is 0 Å². The van der Waals surface area contributed by atoms with Crippen molar-refractivity contribution in [1.82, 2.24) is 20.1 Å². The molecule has 146 valence electrons. The van der Waals surface area contributed by atoms with Crippen molar-refractivity contribution in [3.63, 3.8) is 0 Å². The summed E-state index contributed by atoms with van der Waals surface area (Å²) in [6.45, 7) is 8.26. The van der Waals surface area contributed by atoms with Gasteiger partial charge < -0.3 is 9.26 Å². The first-order valence-corrected chi connectivity index (χ1v) is 9.41. The summed E-state index contributed by atoms with van der Waals surface area (Å²) in [5.74, 6) is 2.27. The maximum absolute atomic E-state index is 5.90. The quantitative estimate of drug-likeness (QED) is 0.466. The number of nitrogens with zero attached hydrogens (tertiary/aromatic N) is 4. The van der Waals surface area contributed by atoms with Crippen LogP contribution < -0.4 is 4.74 Å². The molecule has 0 atom stereocenters. The summed E-state index contributed by atoms with van der Waals surface area (Å²) >= 11 is 0. The van der Waals surface area contributed by atoms with Crippen molar-refractivity contribution in [2.45, 2.75) is 33.1 Å². The smallest absolute Gasteiger partial charge is 0.240 e. The highest BCUT2D eigenvalue weighted by atomic mass is 16.5. The third-order valence-electron chi connectivity index (χ3n) is 4.93. The summed E-state index contributed by atoms with van der Waals surface area (Å²) in [6, 6.07) is 18.4. The van der Waals surface area contributed by atoms with Crippen molar-refractivity contribution in [1.29, 1.82) is 0 Å². The van der Waals surface area contributed by atoms with Gasteiger partial charge in [-0.1, -0.05) is 61.0 Å². The second kappa shape index (κ2) is 7.47. The first-order valence-electron chi connectivity index (χ1n) is 9.41. The number of hydrogen-bond acceptors (Lipinski definition) is 6. The number of rotatable bonds is 5. The van der Waals surface area contributed by atoms with Crippen molar-refractivity contribution in [2.75, 3.05) is 0 Å². The number of hydrogen-bond donors (Lipinski definition) is 0. The Bertz CT molecular complexity index is 1120. The standard InChI is InChI=1S/C23H22N4O2/c1-15-5-7-17(8-6-15)23(3,4)18-9-11-19(12-10-18)28-20-13-14-24-21(26-20)22-25-16(2)29-27-22/h5-14H,1-4H3. The zero-order valence-electron chi connectivity index (χ0n) is 16.9. The van der Waals surface area contributed by atoms with E-state index in [1.165, 1.54) is 16.7 Å². The van der Waals surface area contributed by atoms with Crippen LogP contribution in [0.25, 0.3) is 11.6 Å². The van der Waals surface area contributed by atoms with Gasteiger partial charge in [-0.3, -0.25) is 0 Å². The lowest BCUT2D eigenvalue weighted by Crippen LogP contribution is -2.18. The third kappa shape index (κ3) is 4.01. The molecule has 4 rings (SSSR count). The molecule has 0 bridgehead atoms. The third-order valence-corrected chi connectivity index (χ3v) is 4.93. The van der Waals surface area contributed by atoms with Gasteiger partial charge in [-0.05, 0) is 30.2 Å². The molecule has 0 aliphatic carbocycles. The summed E-state index contributed by atoms with van der Waals surface area (Å²) in [5.41, 5.74) is 3.63. The van der Waals surface area contributed by atoms with Gasteiger partial charge in [0.1, 0.15) is 5.75 Å². The molecule has 2 aromatic heterocycles. The highest BCUT2D eigenvalue weighted by Crippen LogP contribution is 2.33. The van der Waals surface area contributed by atoms with E-state index in [0.29, 0.717) is 29.2 Å². The predicted octanol–water partition coefficient (Wildman–Crippen LogP) is 5.26. The largest absolute Gasteiger partial charge is 0.439 e. The molecule has 0 aliphatic rings.